The van der Waals surface area contributed by atoms with Crippen LogP contribution >= 0.6 is 11.6 Å². The van der Waals surface area contributed by atoms with E-state index >= 15 is 0 Å². The molecule has 0 aliphatic rings. The van der Waals surface area contributed by atoms with Crippen LogP contribution < -0.4 is 0 Å². The molecule has 0 nitrogen and oxygen atoms in total. The molecule has 0 amide bonds. The third kappa shape index (κ3) is 5.22. The van der Waals surface area contributed by atoms with Gasteiger partial charge in [-0.3, -0.25) is 0 Å². The van der Waals surface area contributed by atoms with Gasteiger partial charge >= 0.3 is 0 Å². The lowest BCUT2D eigenvalue weighted by Crippen LogP contribution is -1.96. The number of rotatable bonds is 4. The average molecular weight is 227 g/mol. The molecule has 0 fully saturated rings. The maximum atomic E-state index is 5.95. The Balaban J connectivity index is 0.000000921. The number of benzene rings is 1. The van der Waals surface area contributed by atoms with Crippen LogP contribution in [-0.2, 0) is 0 Å². The first-order chi connectivity index (χ1) is 7.27. The number of hydrogen-bond donors (Lipinski definition) is 0. The SMILES string of the molecule is CC.CCCC(CC)c1cccc(Cl)c1. The first-order valence-corrected chi connectivity index (χ1v) is 6.41. The lowest BCUT2D eigenvalue weighted by molar-refractivity contribution is 0.596. The summed E-state index contributed by atoms with van der Waals surface area (Å²) in [5.41, 5.74) is 1.39. The summed E-state index contributed by atoms with van der Waals surface area (Å²) in [6, 6.07) is 8.24. The highest BCUT2D eigenvalue weighted by atomic mass is 35.5. The minimum atomic E-state index is 0.684. The van der Waals surface area contributed by atoms with Gasteiger partial charge in [-0.1, -0.05) is 57.8 Å². The normalized spacial score (nSPS) is 11.5. The average Bonchev–Trinajstić information content (AvgIpc) is 2.28. The predicted octanol–water partition coefficient (Wildman–Crippen LogP) is 5.66. The van der Waals surface area contributed by atoms with Crippen LogP contribution in [0.25, 0.3) is 0 Å². The lowest BCUT2D eigenvalue weighted by atomic mass is 9.92. The molecule has 1 rings (SSSR count). The van der Waals surface area contributed by atoms with E-state index in [1.807, 2.05) is 26.0 Å². The van der Waals surface area contributed by atoms with E-state index in [0.717, 1.165) is 5.02 Å². The van der Waals surface area contributed by atoms with Crippen LogP contribution in [0, 0.1) is 0 Å². The summed E-state index contributed by atoms with van der Waals surface area (Å²) in [7, 11) is 0. The van der Waals surface area contributed by atoms with Crippen molar-refractivity contribution in [1.29, 1.82) is 0 Å². The van der Waals surface area contributed by atoms with E-state index in [9.17, 15) is 0 Å². The fraction of sp³-hybridized carbons (Fsp3) is 0.571. The maximum absolute atomic E-state index is 5.95. The van der Waals surface area contributed by atoms with Gasteiger partial charge in [0.1, 0.15) is 0 Å². The van der Waals surface area contributed by atoms with Crippen molar-refractivity contribution in [1.82, 2.24) is 0 Å². The molecule has 0 N–H and O–H groups in total. The standard InChI is InChI=1S/C12H17Cl.C2H6/c1-3-6-10(4-2)11-7-5-8-12(13)9-11;1-2/h5,7-10H,3-4,6H2,1-2H3;1-2H3. The van der Waals surface area contributed by atoms with E-state index in [1.54, 1.807) is 0 Å². The molecule has 0 spiro atoms. The Morgan fingerprint density at radius 1 is 1.20 bits per heavy atom. The van der Waals surface area contributed by atoms with Crippen LogP contribution in [-0.4, -0.2) is 0 Å². The van der Waals surface area contributed by atoms with Crippen molar-refractivity contribution in [2.75, 3.05) is 0 Å². The van der Waals surface area contributed by atoms with Crippen molar-refractivity contribution in [2.45, 2.75) is 52.9 Å². The first-order valence-electron chi connectivity index (χ1n) is 6.03. The van der Waals surface area contributed by atoms with E-state index < -0.39 is 0 Å². The number of hydrogen-bond acceptors (Lipinski definition) is 0. The maximum Gasteiger partial charge on any atom is 0.0408 e. The minimum absolute atomic E-state index is 0.684. The number of halogens is 1. The Bertz CT molecular complexity index is 255. The lowest BCUT2D eigenvalue weighted by Gasteiger charge is -2.14. The molecule has 15 heavy (non-hydrogen) atoms. The molecule has 0 aliphatic carbocycles. The van der Waals surface area contributed by atoms with Crippen LogP contribution in [0.3, 0.4) is 0 Å². The monoisotopic (exact) mass is 226 g/mol. The van der Waals surface area contributed by atoms with Crippen molar-refractivity contribution in [3.8, 4) is 0 Å². The van der Waals surface area contributed by atoms with Crippen molar-refractivity contribution in [3.63, 3.8) is 0 Å². The largest absolute Gasteiger partial charge is 0.0843 e. The zero-order valence-electron chi connectivity index (χ0n) is 10.4. The van der Waals surface area contributed by atoms with Gasteiger partial charge in [-0.05, 0) is 36.5 Å². The zero-order chi connectivity index (χ0) is 11.7. The van der Waals surface area contributed by atoms with Gasteiger partial charge < -0.3 is 0 Å². The fourth-order valence-corrected chi connectivity index (χ4v) is 1.91. The third-order valence-corrected chi connectivity index (χ3v) is 2.69. The smallest absolute Gasteiger partial charge is 0.0408 e. The van der Waals surface area contributed by atoms with Crippen LogP contribution in [0.15, 0.2) is 24.3 Å². The Morgan fingerprint density at radius 3 is 2.33 bits per heavy atom. The van der Waals surface area contributed by atoms with Gasteiger partial charge in [-0.25, -0.2) is 0 Å². The molecule has 0 bridgehead atoms. The van der Waals surface area contributed by atoms with Gasteiger partial charge in [0.05, 0.1) is 0 Å². The summed E-state index contributed by atoms with van der Waals surface area (Å²) in [6.45, 7) is 8.47. The van der Waals surface area contributed by atoms with Crippen molar-refractivity contribution >= 4 is 11.6 Å². The molecule has 1 aromatic rings. The Labute approximate surface area is 99.7 Å². The van der Waals surface area contributed by atoms with Crippen LogP contribution in [0.1, 0.15) is 58.4 Å². The van der Waals surface area contributed by atoms with E-state index in [4.69, 9.17) is 11.6 Å². The predicted molar refractivity (Wildman–Crippen MR) is 70.7 cm³/mol. The summed E-state index contributed by atoms with van der Waals surface area (Å²) in [4.78, 5) is 0. The molecule has 0 saturated carbocycles. The van der Waals surface area contributed by atoms with Gasteiger partial charge in [-0.2, -0.15) is 0 Å². The third-order valence-electron chi connectivity index (χ3n) is 2.45. The fourth-order valence-electron chi connectivity index (χ4n) is 1.72. The molecule has 0 aliphatic heterocycles. The van der Waals surface area contributed by atoms with Crippen LogP contribution in [0.2, 0.25) is 5.02 Å². The Morgan fingerprint density at radius 2 is 1.87 bits per heavy atom. The van der Waals surface area contributed by atoms with Crippen molar-refractivity contribution < 1.29 is 0 Å². The van der Waals surface area contributed by atoms with Crippen LogP contribution in [0.4, 0.5) is 0 Å². The highest BCUT2D eigenvalue weighted by molar-refractivity contribution is 6.30. The molecule has 0 saturated heterocycles. The van der Waals surface area contributed by atoms with E-state index in [-0.39, 0.29) is 0 Å². The van der Waals surface area contributed by atoms with Crippen molar-refractivity contribution in [2.24, 2.45) is 0 Å². The molecule has 0 radical (unpaired) electrons. The van der Waals surface area contributed by atoms with Crippen molar-refractivity contribution in [3.05, 3.63) is 34.9 Å². The summed E-state index contributed by atoms with van der Waals surface area (Å²) in [5.74, 6) is 0.684. The topological polar surface area (TPSA) is 0 Å². The summed E-state index contributed by atoms with van der Waals surface area (Å²) in [5, 5.41) is 0.854. The van der Waals surface area contributed by atoms with Gasteiger partial charge in [0.15, 0.2) is 0 Å². The first kappa shape index (κ1) is 14.5. The highest BCUT2D eigenvalue weighted by Gasteiger charge is 2.07. The van der Waals surface area contributed by atoms with Gasteiger partial charge in [0, 0.05) is 5.02 Å². The zero-order valence-corrected chi connectivity index (χ0v) is 11.1. The minimum Gasteiger partial charge on any atom is -0.0843 e. The summed E-state index contributed by atoms with van der Waals surface area (Å²) in [6.07, 6.45) is 3.70. The van der Waals surface area contributed by atoms with Gasteiger partial charge in [0.2, 0.25) is 0 Å². The highest BCUT2D eigenvalue weighted by Crippen LogP contribution is 2.26. The molecule has 1 aromatic carbocycles. The molecule has 1 heteroatoms. The molecule has 86 valence electrons. The second kappa shape index (κ2) is 8.79. The summed E-state index contributed by atoms with van der Waals surface area (Å²) < 4.78 is 0. The molecular formula is C14H23Cl. The molecular weight excluding hydrogens is 204 g/mol. The second-order valence-electron chi connectivity index (χ2n) is 3.45. The second-order valence-corrected chi connectivity index (χ2v) is 3.89. The summed E-state index contributed by atoms with van der Waals surface area (Å²) >= 11 is 5.95. The molecule has 0 aromatic heterocycles. The van der Waals surface area contributed by atoms with Gasteiger partial charge in [-0.15, -0.1) is 0 Å². The van der Waals surface area contributed by atoms with E-state index in [2.05, 4.69) is 26.0 Å². The van der Waals surface area contributed by atoms with Gasteiger partial charge in [0.25, 0.3) is 0 Å². The Hall–Kier alpha value is -0.490. The van der Waals surface area contributed by atoms with Crippen LogP contribution in [0.5, 0.6) is 0 Å². The Kier molecular flexibility index (Phi) is 8.50. The molecule has 1 unspecified atom stereocenters. The molecule has 1 atom stereocenters. The van der Waals surface area contributed by atoms with E-state index in [1.165, 1.54) is 24.8 Å². The quantitative estimate of drug-likeness (QED) is 0.622. The van der Waals surface area contributed by atoms with E-state index in [0.29, 0.717) is 5.92 Å². The molecule has 0 heterocycles.